The second-order valence-electron chi connectivity index (χ2n) is 4.23. The van der Waals surface area contributed by atoms with E-state index in [-0.39, 0.29) is 6.61 Å². The van der Waals surface area contributed by atoms with Crippen LogP contribution < -0.4 is 5.73 Å². The first-order valence-corrected chi connectivity index (χ1v) is 6.85. The van der Waals surface area contributed by atoms with Crippen LogP contribution in [0.2, 0.25) is 0 Å². The Balaban J connectivity index is 2.04. The zero-order valence-corrected chi connectivity index (χ0v) is 10.8. The van der Waals surface area contributed by atoms with Gasteiger partial charge in [0.1, 0.15) is 0 Å². The van der Waals surface area contributed by atoms with Crippen LogP contribution in [0.15, 0.2) is 47.4 Å². The predicted octanol–water partition coefficient (Wildman–Crippen LogP) is 1.61. The molecule has 0 radical (unpaired) electrons. The van der Waals surface area contributed by atoms with Gasteiger partial charge in [-0.1, -0.05) is 30.3 Å². The third-order valence-corrected chi connectivity index (χ3v) is 3.94. The van der Waals surface area contributed by atoms with Gasteiger partial charge in [-0.3, -0.25) is 0 Å². The average Bonchev–Trinajstić information content (AvgIpc) is 2.43. The fourth-order valence-corrected chi connectivity index (χ4v) is 2.67. The first kappa shape index (κ1) is 13.4. The third kappa shape index (κ3) is 3.23. The van der Waals surface area contributed by atoms with Gasteiger partial charge in [0.05, 0.1) is 18.8 Å². The summed E-state index contributed by atoms with van der Waals surface area (Å²) < 4.78 is 0. The van der Waals surface area contributed by atoms with Gasteiger partial charge in [0, 0.05) is 10.6 Å². The van der Waals surface area contributed by atoms with Gasteiger partial charge >= 0.3 is 0 Å². The van der Waals surface area contributed by atoms with Crippen molar-refractivity contribution in [3.8, 4) is 0 Å². The van der Waals surface area contributed by atoms with Crippen LogP contribution in [0.25, 0.3) is 10.8 Å². The van der Waals surface area contributed by atoms with Gasteiger partial charge in [-0.15, -0.1) is 11.8 Å². The minimum absolute atomic E-state index is 0.195. The van der Waals surface area contributed by atoms with Crippen LogP contribution in [-0.2, 0) is 0 Å². The number of fused-ring (bicyclic) bond motifs is 1. The molecular formula is C14H17NO2S. The van der Waals surface area contributed by atoms with Gasteiger partial charge in [-0.2, -0.15) is 0 Å². The molecule has 2 aromatic rings. The van der Waals surface area contributed by atoms with Crippen molar-refractivity contribution in [1.29, 1.82) is 0 Å². The Kier molecular flexibility index (Phi) is 4.60. The lowest BCUT2D eigenvalue weighted by Crippen LogP contribution is -2.39. The molecule has 0 aliphatic rings. The van der Waals surface area contributed by atoms with E-state index in [0.717, 1.165) is 4.90 Å². The van der Waals surface area contributed by atoms with Crippen molar-refractivity contribution in [2.45, 2.75) is 17.0 Å². The lowest BCUT2D eigenvalue weighted by molar-refractivity contribution is 0.127. The molecule has 0 amide bonds. The Hall–Kier alpha value is -1.07. The van der Waals surface area contributed by atoms with Crippen molar-refractivity contribution >= 4 is 22.5 Å². The first-order valence-electron chi connectivity index (χ1n) is 5.87. The van der Waals surface area contributed by atoms with Gasteiger partial charge in [-0.25, -0.2) is 0 Å². The Morgan fingerprint density at radius 3 is 2.56 bits per heavy atom. The van der Waals surface area contributed by atoms with E-state index < -0.39 is 12.1 Å². The van der Waals surface area contributed by atoms with Gasteiger partial charge < -0.3 is 15.9 Å². The molecular weight excluding hydrogens is 246 g/mol. The molecule has 18 heavy (non-hydrogen) atoms. The van der Waals surface area contributed by atoms with E-state index in [4.69, 9.17) is 10.8 Å². The van der Waals surface area contributed by atoms with Crippen LogP contribution in [0.5, 0.6) is 0 Å². The number of nitrogens with two attached hydrogens (primary N) is 1. The quantitative estimate of drug-likeness (QED) is 0.717. The lowest BCUT2D eigenvalue weighted by Gasteiger charge is -2.15. The van der Waals surface area contributed by atoms with Gasteiger partial charge in [-0.05, 0) is 22.9 Å². The second kappa shape index (κ2) is 6.20. The fraction of sp³-hybridized carbons (Fsp3) is 0.286. The molecule has 0 heterocycles. The topological polar surface area (TPSA) is 66.5 Å². The highest BCUT2D eigenvalue weighted by molar-refractivity contribution is 7.99. The second-order valence-corrected chi connectivity index (χ2v) is 5.33. The molecule has 2 rings (SSSR count). The normalized spacial score (nSPS) is 14.6. The molecule has 0 aliphatic heterocycles. The minimum atomic E-state index is -0.688. The average molecular weight is 263 g/mol. The number of rotatable bonds is 5. The Labute approximate surface area is 111 Å². The molecule has 4 N–H and O–H groups in total. The molecule has 0 saturated carbocycles. The summed E-state index contributed by atoms with van der Waals surface area (Å²) in [4.78, 5) is 1.10. The molecule has 0 aliphatic carbocycles. The molecule has 3 nitrogen and oxygen atoms in total. The number of hydrogen-bond acceptors (Lipinski definition) is 4. The van der Waals surface area contributed by atoms with Crippen molar-refractivity contribution in [3.63, 3.8) is 0 Å². The van der Waals surface area contributed by atoms with Gasteiger partial charge in [0.15, 0.2) is 0 Å². The molecule has 0 bridgehead atoms. The number of aliphatic hydroxyl groups excluding tert-OH is 2. The fourth-order valence-electron chi connectivity index (χ4n) is 1.68. The highest BCUT2D eigenvalue weighted by atomic mass is 32.2. The van der Waals surface area contributed by atoms with Crippen LogP contribution in [0.3, 0.4) is 0 Å². The Morgan fingerprint density at radius 2 is 1.83 bits per heavy atom. The van der Waals surface area contributed by atoms with Crippen LogP contribution >= 0.6 is 11.8 Å². The van der Waals surface area contributed by atoms with E-state index in [0.29, 0.717) is 5.75 Å². The number of aliphatic hydroxyl groups is 2. The van der Waals surface area contributed by atoms with Crippen molar-refractivity contribution in [1.82, 2.24) is 0 Å². The summed E-state index contributed by atoms with van der Waals surface area (Å²) in [5, 5.41) is 20.9. The van der Waals surface area contributed by atoms with E-state index in [9.17, 15) is 5.11 Å². The largest absolute Gasteiger partial charge is 0.395 e. The number of hydrogen-bond donors (Lipinski definition) is 3. The summed E-state index contributed by atoms with van der Waals surface area (Å²) in [6.45, 7) is -0.195. The highest BCUT2D eigenvalue weighted by Crippen LogP contribution is 2.24. The van der Waals surface area contributed by atoms with E-state index >= 15 is 0 Å². The van der Waals surface area contributed by atoms with E-state index in [2.05, 4.69) is 24.3 Å². The lowest BCUT2D eigenvalue weighted by atomic mass is 10.1. The molecule has 96 valence electrons. The zero-order chi connectivity index (χ0) is 13.0. The third-order valence-electron chi connectivity index (χ3n) is 2.85. The molecule has 2 atom stereocenters. The van der Waals surface area contributed by atoms with Gasteiger partial charge in [0.25, 0.3) is 0 Å². The van der Waals surface area contributed by atoms with Gasteiger partial charge in [0.2, 0.25) is 0 Å². The molecule has 0 fully saturated rings. The predicted molar refractivity (Wildman–Crippen MR) is 75.7 cm³/mol. The van der Waals surface area contributed by atoms with Crippen LogP contribution in [0.4, 0.5) is 0 Å². The Morgan fingerprint density at radius 1 is 1.11 bits per heavy atom. The van der Waals surface area contributed by atoms with E-state index in [1.807, 2.05) is 18.2 Å². The Bertz CT molecular complexity index is 518. The molecule has 0 aromatic heterocycles. The minimum Gasteiger partial charge on any atom is -0.395 e. The monoisotopic (exact) mass is 263 g/mol. The standard InChI is InChI=1S/C14H17NO2S/c15-13(8-16)14(17)9-18-12-6-5-10-3-1-2-4-11(10)7-12/h1-7,13-14,16-17H,8-9,15H2/t13-,14+/m0/s1. The molecule has 0 spiro atoms. The number of thioether (sulfide) groups is 1. The molecule has 0 saturated heterocycles. The maximum atomic E-state index is 9.69. The maximum absolute atomic E-state index is 9.69. The molecule has 0 unspecified atom stereocenters. The van der Waals surface area contributed by atoms with Crippen molar-refractivity contribution in [3.05, 3.63) is 42.5 Å². The molecule has 4 heteroatoms. The van der Waals surface area contributed by atoms with E-state index in [1.54, 1.807) is 11.8 Å². The van der Waals surface area contributed by atoms with Crippen molar-refractivity contribution in [2.75, 3.05) is 12.4 Å². The summed E-state index contributed by atoms with van der Waals surface area (Å²) in [5.74, 6) is 0.486. The SMILES string of the molecule is N[C@@H](CO)[C@H](O)CSc1ccc2ccccc2c1. The summed E-state index contributed by atoms with van der Waals surface area (Å²) in [6, 6.07) is 13.8. The summed E-state index contributed by atoms with van der Waals surface area (Å²) in [5.41, 5.74) is 5.56. The van der Waals surface area contributed by atoms with Crippen LogP contribution in [0.1, 0.15) is 0 Å². The summed E-state index contributed by atoms with van der Waals surface area (Å²) in [6.07, 6.45) is -0.688. The maximum Gasteiger partial charge on any atom is 0.0807 e. The van der Waals surface area contributed by atoms with Crippen molar-refractivity contribution in [2.24, 2.45) is 5.73 Å². The molecule has 2 aromatic carbocycles. The van der Waals surface area contributed by atoms with Crippen molar-refractivity contribution < 1.29 is 10.2 Å². The highest BCUT2D eigenvalue weighted by Gasteiger charge is 2.13. The zero-order valence-electron chi connectivity index (χ0n) is 9.99. The van der Waals surface area contributed by atoms with Crippen LogP contribution in [-0.4, -0.2) is 34.7 Å². The van der Waals surface area contributed by atoms with Crippen LogP contribution in [0, 0.1) is 0 Å². The summed E-state index contributed by atoms with van der Waals surface area (Å²) in [7, 11) is 0. The smallest absolute Gasteiger partial charge is 0.0807 e. The van der Waals surface area contributed by atoms with E-state index in [1.165, 1.54) is 10.8 Å². The number of benzene rings is 2. The first-order chi connectivity index (χ1) is 8.70. The summed E-state index contributed by atoms with van der Waals surface area (Å²) >= 11 is 1.55.